The molecule has 0 fully saturated rings. The van der Waals surface area contributed by atoms with Crippen LogP contribution < -0.4 is 16.0 Å². The Morgan fingerprint density at radius 3 is 2.56 bits per heavy atom. The van der Waals surface area contributed by atoms with E-state index in [1.165, 1.54) is 9.75 Å². The lowest BCUT2D eigenvalue weighted by Gasteiger charge is -2.13. The average Bonchev–Trinajstić information content (AvgIpc) is 3.06. The lowest BCUT2D eigenvalue weighted by Crippen LogP contribution is -2.36. The van der Waals surface area contributed by atoms with Crippen molar-refractivity contribution in [1.29, 1.82) is 0 Å². The van der Waals surface area contributed by atoms with Gasteiger partial charge in [-0.1, -0.05) is 26.0 Å². The molecule has 7 heteroatoms. The van der Waals surface area contributed by atoms with Gasteiger partial charge in [0, 0.05) is 35.0 Å². The van der Waals surface area contributed by atoms with Crippen LogP contribution in [0.1, 0.15) is 35.6 Å². The monoisotopic (exact) mass is 500 g/mol. The first-order valence-electron chi connectivity index (χ1n) is 8.91. The quantitative estimate of drug-likeness (QED) is 0.298. The van der Waals surface area contributed by atoms with E-state index in [9.17, 15) is 4.79 Å². The molecule has 1 heterocycles. The number of hydrogen-bond acceptors (Lipinski definition) is 3. The summed E-state index contributed by atoms with van der Waals surface area (Å²) in [5, 5.41) is 9.60. The maximum atomic E-state index is 12.0. The summed E-state index contributed by atoms with van der Waals surface area (Å²) in [6.45, 7) is 7.44. The van der Waals surface area contributed by atoms with Crippen LogP contribution in [-0.2, 0) is 17.9 Å². The Morgan fingerprint density at radius 1 is 1.19 bits per heavy atom. The van der Waals surface area contributed by atoms with Gasteiger partial charge < -0.3 is 16.0 Å². The van der Waals surface area contributed by atoms with Gasteiger partial charge in [0.1, 0.15) is 0 Å². The number of amides is 1. The van der Waals surface area contributed by atoms with Crippen molar-refractivity contribution in [1.82, 2.24) is 10.6 Å². The number of halogens is 1. The van der Waals surface area contributed by atoms with Gasteiger partial charge in [0.25, 0.3) is 0 Å². The fraction of sp³-hybridized carbons (Fsp3) is 0.400. The zero-order valence-electron chi connectivity index (χ0n) is 16.3. The number of carbonyl (C=O) groups is 1. The molecule has 3 N–H and O–H groups in total. The number of aryl methyl sites for hydroxylation is 1. The van der Waals surface area contributed by atoms with E-state index in [1.807, 2.05) is 38.1 Å². The first-order valence-corrected chi connectivity index (χ1v) is 9.73. The van der Waals surface area contributed by atoms with Crippen molar-refractivity contribution in [3.8, 4) is 0 Å². The molecule has 0 aliphatic carbocycles. The first-order chi connectivity index (χ1) is 12.5. The standard InChI is InChI=1S/C20H28N4OS.HI/c1-5-14(2)19(25)24-17-8-6-7-16(11-17)12-22-20(21-4)23-13-18-10-9-15(3)26-18;/h6-11,14H,5,12-13H2,1-4H3,(H,24,25)(H2,21,22,23);1H. The molecule has 27 heavy (non-hydrogen) atoms. The Hall–Kier alpha value is -1.61. The Labute approximate surface area is 183 Å². The second-order valence-electron chi connectivity index (χ2n) is 6.29. The molecule has 1 unspecified atom stereocenters. The van der Waals surface area contributed by atoms with Crippen LogP contribution in [0.3, 0.4) is 0 Å². The minimum atomic E-state index is 0. The van der Waals surface area contributed by atoms with Crippen molar-refractivity contribution in [2.75, 3.05) is 12.4 Å². The Balaban J connectivity index is 0.00000364. The fourth-order valence-electron chi connectivity index (χ4n) is 2.37. The summed E-state index contributed by atoms with van der Waals surface area (Å²) in [6, 6.07) is 12.1. The topological polar surface area (TPSA) is 65.5 Å². The lowest BCUT2D eigenvalue weighted by atomic mass is 10.1. The van der Waals surface area contributed by atoms with Crippen molar-refractivity contribution < 1.29 is 4.79 Å². The smallest absolute Gasteiger partial charge is 0.227 e. The summed E-state index contributed by atoms with van der Waals surface area (Å²) >= 11 is 1.78. The van der Waals surface area contributed by atoms with Crippen molar-refractivity contribution in [3.63, 3.8) is 0 Å². The maximum Gasteiger partial charge on any atom is 0.227 e. The number of aliphatic imine (C=N–C) groups is 1. The summed E-state index contributed by atoms with van der Waals surface area (Å²) in [6.07, 6.45) is 0.832. The maximum absolute atomic E-state index is 12.0. The van der Waals surface area contributed by atoms with Gasteiger partial charge in [-0.15, -0.1) is 35.3 Å². The van der Waals surface area contributed by atoms with E-state index < -0.39 is 0 Å². The minimum Gasteiger partial charge on any atom is -0.352 e. The van der Waals surface area contributed by atoms with E-state index in [2.05, 4.69) is 40.0 Å². The molecular formula is C20H29IN4OS. The molecule has 0 radical (unpaired) electrons. The Bertz CT molecular complexity index is 760. The predicted molar refractivity (Wildman–Crippen MR) is 126 cm³/mol. The molecule has 0 aliphatic heterocycles. The molecule has 2 rings (SSSR count). The van der Waals surface area contributed by atoms with Crippen molar-refractivity contribution >= 4 is 52.9 Å². The van der Waals surface area contributed by atoms with Crippen LogP contribution in [0.2, 0.25) is 0 Å². The molecule has 0 spiro atoms. The number of nitrogens with zero attached hydrogens (tertiary/aromatic N) is 1. The number of carbonyl (C=O) groups excluding carboxylic acids is 1. The van der Waals surface area contributed by atoms with Crippen molar-refractivity contribution in [3.05, 3.63) is 51.7 Å². The Kier molecular flexibility index (Phi) is 10.4. The van der Waals surface area contributed by atoms with Gasteiger partial charge in [0.2, 0.25) is 5.91 Å². The van der Waals surface area contributed by atoms with E-state index in [4.69, 9.17) is 0 Å². The van der Waals surface area contributed by atoms with Gasteiger partial charge in [-0.2, -0.15) is 0 Å². The van der Waals surface area contributed by atoms with Crippen molar-refractivity contribution in [2.45, 2.75) is 40.3 Å². The SMILES string of the molecule is CCC(C)C(=O)Nc1cccc(CNC(=NC)NCc2ccc(C)s2)c1.I. The third kappa shape index (κ3) is 7.88. The van der Waals surface area contributed by atoms with Gasteiger partial charge in [0.05, 0.1) is 6.54 Å². The Morgan fingerprint density at radius 2 is 1.93 bits per heavy atom. The first kappa shape index (κ1) is 23.4. The van der Waals surface area contributed by atoms with E-state index >= 15 is 0 Å². The van der Waals surface area contributed by atoms with E-state index in [0.717, 1.165) is 30.2 Å². The number of anilines is 1. The molecule has 0 bridgehead atoms. The number of rotatable bonds is 7. The van der Waals surface area contributed by atoms with Crippen LogP contribution in [0, 0.1) is 12.8 Å². The van der Waals surface area contributed by atoms with E-state index in [0.29, 0.717) is 6.54 Å². The molecule has 5 nitrogen and oxygen atoms in total. The summed E-state index contributed by atoms with van der Waals surface area (Å²) < 4.78 is 0. The molecule has 0 aliphatic rings. The average molecular weight is 500 g/mol. The number of nitrogens with one attached hydrogen (secondary N) is 3. The zero-order valence-corrected chi connectivity index (χ0v) is 19.5. The summed E-state index contributed by atoms with van der Waals surface area (Å²) in [4.78, 5) is 18.9. The van der Waals surface area contributed by atoms with Crippen LogP contribution >= 0.6 is 35.3 Å². The van der Waals surface area contributed by atoms with Gasteiger partial charge in [-0.25, -0.2) is 0 Å². The van der Waals surface area contributed by atoms with Gasteiger partial charge in [-0.05, 0) is 43.2 Å². The van der Waals surface area contributed by atoms with Gasteiger partial charge in [0.15, 0.2) is 5.96 Å². The molecule has 1 aromatic heterocycles. The van der Waals surface area contributed by atoms with Crippen LogP contribution in [0.5, 0.6) is 0 Å². The lowest BCUT2D eigenvalue weighted by molar-refractivity contribution is -0.119. The molecular weight excluding hydrogens is 471 g/mol. The second kappa shape index (κ2) is 12.0. The van der Waals surface area contributed by atoms with Crippen LogP contribution in [0.15, 0.2) is 41.4 Å². The van der Waals surface area contributed by atoms with Crippen LogP contribution in [-0.4, -0.2) is 18.9 Å². The number of guanidine groups is 1. The zero-order chi connectivity index (χ0) is 18.9. The second-order valence-corrected chi connectivity index (χ2v) is 7.66. The molecule has 2 aromatic rings. The minimum absolute atomic E-state index is 0. The molecule has 1 atom stereocenters. The highest BCUT2D eigenvalue weighted by atomic mass is 127. The normalized spacial score (nSPS) is 12.1. The summed E-state index contributed by atoms with van der Waals surface area (Å²) in [5.74, 6) is 0.826. The molecule has 1 amide bonds. The molecule has 148 valence electrons. The van der Waals surface area contributed by atoms with Crippen LogP contribution in [0.4, 0.5) is 5.69 Å². The van der Waals surface area contributed by atoms with Crippen LogP contribution in [0.25, 0.3) is 0 Å². The third-order valence-electron chi connectivity index (χ3n) is 4.16. The number of benzene rings is 1. The third-order valence-corrected chi connectivity index (χ3v) is 5.16. The summed E-state index contributed by atoms with van der Waals surface area (Å²) in [7, 11) is 1.76. The van der Waals surface area contributed by atoms with Gasteiger partial charge in [-0.3, -0.25) is 9.79 Å². The largest absolute Gasteiger partial charge is 0.352 e. The van der Waals surface area contributed by atoms with E-state index in [-0.39, 0.29) is 35.8 Å². The van der Waals surface area contributed by atoms with E-state index in [1.54, 1.807) is 18.4 Å². The predicted octanol–water partition coefficient (Wildman–Crippen LogP) is 4.52. The molecule has 0 saturated carbocycles. The highest BCUT2D eigenvalue weighted by Crippen LogP contribution is 2.15. The number of thiophene rings is 1. The fourth-order valence-corrected chi connectivity index (χ4v) is 3.20. The molecule has 1 aromatic carbocycles. The van der Waals surface area contributed by atoms with Crippen molar-refractivity contribution in [2.24, 2.45) is 10.9 Å². The highest BCUT2D eigenvalue weighted by molar-refractivity contribution is 14.0. The summed E-state index contributed by atoms with van der Waals surface area (Å²) in [5.41, 5.74) is 1.91. The molecule has 0 saturated heterocycles. The van der Waals surface area contributed by atoms with Gasteiger partial charge >= 0.3 is 0 Å². The highest BCUT2D eigenvalue weighted by Gasteiger charge is 2.10. The number of hydrogen-bond donors (Lipinski definition) is 3.